The molecule has 0 radical (unpaired) electrons. The number of rotatable bonds is 5. The van der Waals surface area contributed by atoms with Gasteiger partial charge in [-0.25, -0.2) is 13.1 Å². The first-order valence-corrected chi connectivity index (χ1v) is 7.01. The molecule has 0 atom stereocenters. The maximum atomic E-state index is 11.4. The summed E-state index contributed by atoms with van der Waals surface area (Å²) in [7, 11) is -3.27. The molecular formula is C8H13ClN4O3S. The third-order valence-corrected chi connectivity index (χ3v) is 3.04. The van der Waals surface area contributed by atoms with E-state index in [9.17, 15) is 13.2 Å². The SMILES string of the molecule is Cc1[nH]nc(NC(=O)CCNS(C)(=O)=O)c1Cl. The molecule has 0 fully saturated rings. The van der Waals surface area contributed by atoms with Crippen LogP contribution in [0.4, 0.5) is 5.82 Å². The minimum atomic E-state index is -3.27. The van der Waals surface area contributed by atoms with Crippen LogP contribution in [-0.2, 0) is 14.8 Å². The molecule has 0 unspecified atom stereocenters. The Balaban J connectivity index is 2.43. The van der Waals surface area contributed by atoms with Gasteiger partial charge in [-0.15, -0.1) is 0 Å². The van der Waals surface area contributed by atoms with E-state index in [-0.39, 0.29) is 24.7 Å². The lowest BCUT2D eigenvalue weighted by molar-refractivity contribution is -0.116. The van der Waals surface area contributed by atoms with Crippen molar-refractivity contribution in [3.8, 4) is 0 Å². The van der Waals surface area contributed by atoms with Gasteiger partial charge in [0, 0.05) is 13.0 Å². The minimum absolute atomic E-state index is 0.00923. The summed E-state index contributed by atoms with van der Waals surface area (Å²) in [6, 6.07) is 0. The maximum absolute atomic E-state index is 11.4. The van der Waals surface area contributed by atoms with Gasteiger partial charge in [-0.3, -0.25) is 9.89 Å². The number of nitrogens with zero attached hydrogens (tertiary/aromatic N) is 1. The van der Waals surface area contributed by atoms with Crippen LogP contribution in [-0.4, -0.2) is 37.3 Å². The standard InChI is InChI=1S/C8H13ClN4O3S/c1-5-7(9)8(13-12-5)11-6(14)3-4-10-17(2,15)16/h10H,3-4H2,1-2H3,(H2,11,12,13,14). The highest BCUT2D eigenvalue weighted by Gasteiger charge is 2.11. The van der Waals surface area contributed by atoms with Crippen LogP contribution in [0.2, 0.25) is 5.02 Å². The van der Waals surface area contributed by atoms with E-state index in [1.807, 2.05) is 0 Å². The van der Waals surface area contributed by atoms with E-state index in [4.69, 9.17) is 11.6 Å². The zero-order valence-corrected chi connectivity index (χ0v) is 10.9. The molecule has 0 aliphatic rings. The van der Waals surface area contributed by atoms with Crippen molar-refractivity contribution in [2.45, 2.75) is 13.3 Å². The van der Waals surface area contributed by atoms with Crippen LogP contribution in [0.15, 0.2) is 0 Å². The Labute approximate surface area is 104 Å². The van der Waals surface area contributed by atoms with E-state index >= 15 is 0 Å². The van der Waals surface area contributed by atoms with Crippen molar-refractivity contribution in [2.75, 3.05) is 18.1 Å². The van der Waals surface area contributed by atoms with Gasteiger partial charge in [0.25, 0.3) is 0 Å². The van der Waals surface area contributed by atoms with Crippen molar-refractivity contribution >= 4 is 33.3 Å². The Bertz CT molecular complexity index is 511. The van der Waals surface area contributed by atoms with Crippen molar-refractivity contribution in [3.05, 3.63) is 10.7 Å². The van der Waals surface area contributed by atoms with E-state index in [2.05, 4.69) is 20.2 Å². The highest BCUT2D eigenvalue weighted by atomic mass is 35.5. The number of aromatic nitrogens is 2. The van der Waals surface area contributed by atoms with Gasteiger partial charge in [0.05, 0.1) is 11.9 Å². The zero-order valence-electron chi connectivity index (χ0n) is 9.37. The van der Waals surface area contributed by atoms with Gasteiger partial charge in [-0.1, -0.05) is 11.6 Å². The van der Waals surface area contributed by atoms with Gasteiger partial charge in [0.1, 0.15) is 5.02 Å². The number of hydrogen-bond acceptors (Lipinski definition) is 4. The van der Waals surface area contributed by atoms with Crippen LogP contribution < -0.4 is 10.0 Å². The molecule has 9 heteroatoms. The van der Waals surface area contributed by atoms with Gasteiger partial charge < -0.3 is 5.32 Å². The van der Waals surface area contributed by atoms with Crippen molar-refractivity contribution in [1.29, 1.82) is 0 Å². The summed E-state index contributed by atoms with van der Waals surface area (Å²) in [5, 5.41) is 9.21. The fraction of sp³-hybridized carbons (Fsp3) is 0.500. The van der Waals surface area contributed by atoms with Crippen molar-refractivity contribution < 1.29 is 13.2 Å². The first kappa shape index (κ1) is 13.9. The first-order chi connectivity index (χ1) is 7.79. The molecule has 1 aromatic heterocycles. The maximum Gasteiger partial charge on any atom is 0.226 e. The molecule has 1 heterocycles. The number of anilines is 1. The Morgan fingerprint density at radius 3 is 2.65 bits per heavy atom. The summed E-state index contributed by atoms with van der Waals surface area (Å²) in [6.07, 6.45) is 1.04. The molecule has 0 aliphatic carbocycles. The molecule has 1 amide bonds. The smallest absolute Gasteiger partial charge is 0.226 e. The number of carbonyl (C=O) groups is 1. The van der Waals surface area contributed by atoms with Crippen molar-refractivity contribution in [3.63, 3.8) is 0 Å². The Hall–Kier alpha value is -1.12. The van der Waals surface area contributed by atoms with Crippen molar-refractivity contribution in [2.24, 2.45) is 0 Å². The molecule has 0 saturated heterocycles. The van der Waals surface area contributed by atoms with Gasteiger partial charge in [-0.2, -0.15) is 5.10 Å². The Morgan fingerprint density at radius 2 is 2.18 bits per heavy atom. The summed E-state index contributed by atoms with van der Waals surface area (Å²) in [4.78, 5) is 11.4. The zero-order chi connectivity index (χ0) is 13.1. The van der Waals surface area contributed by atoms with Crippen LogP contribution in [0.1, 0.15) is 12.1 Å². The number of hydrogen-bond donors (Lipinski definition) is 3. The van der Waals surface area contributed by atoms with Crippen LogP contribution in [0.25, 0.3) is 0 Å². The highest BCUT2D eigenvalue weighted by molar-refractivity contribution is 7.88. The lowest BCUT2D eigenvalue weighted by Gasteiger charge is -2.03. The van der Waals surface area contributed by atoms with Crippen molar-refractivity contribution in [1.82, 2.24) is 14.9 Å². The monoisotopic (exact) mass is 280 g/mol. The average molecular weight is 281 g/mol. The van der Waals surface area contributed by atoms with Gasteiger partial charge in [-0.05, 0) is 6.92 Å². The summed E-state index contributed by atoms with van der Waals surface area (Å²) in [5.41, 5.74) is 0.649. The molecule has 7 nitrogen and oxygen atoms in total. The summed E-state index contributed by atoms with van der Waals surface area (Å²) in [6.45, 7) is 1.75. The normalized spacial score (nSPS) is 11.5. The van der Waals surface area contributed by atoms with E-state index in [1.54, 1.807) is 6.92 Å². The van der Waals surface area contributed by atoms with Crippen LogP contribution >= 0.6 is 11.6 Å². The number of aryl methyl sites for hydroxylation is 1. The lowest BCUT2D eigenvalue weighted by atomic mass is 10.4. The van der Waals surface area contributed by atoms with E-state index in [1.165, 1.54) is 0 Å². The molecule has 0 bridgehead atoms. The largest absolute Gasteiger partial charge is 0.308 e. The van der Waals surface area contributed by atoms with Gasteiger partial charge in [0.15, 0.2) is 5.82 Å². The predicted octanol–water partition coefficient (Wildman–Crippen LogP) is 0.249. The molecule has 1 rings (SSSR count). The lowest BCUT2D eigenvalue weighted by Crippen LogP contribution is -2.26. The van der Waals surface area contributed by atoms with E-state index < -0.39 is 10.0 Å². The van der Waals surface area contributed by atoms with Crippen LogP contribution in [0, 0.1) is 6.92 Å². The summed E-state index contributed by atoms with van der Waals surface area (Å²) in [5.74, 6) is -0.122. The second kappa shape index (κ2) is 5.48. The molecule has 0 aromatic carbocycles. The molecular weight excluding hydrogens is 268 g/mol. The number of carbonyl (C=O) groups excluding carboxylic acids is 1. The number of amides is 1. The average Bonchev–Trinajstić information content (AvgIpc) is 2.47. The van der Waals surface area contributed by atoms with Gasteiger partial charge >= 0.3 is 0 Å². The molecule has 0 spiro atoms. The summed E-state index contributed by atoms with van der Waals surface area (Å²) < 4.78 is 23.7. The molecule has 96 valence electrons. The highest BCUT2D eigenvalue weighted by Crippen LogP contribution is 2.21. The predicted molar refractivity (Wildman–Crippen MR) is 64.4 cm³/mol. The number of H-pyrrole nitrogens is 1. The second-order valence-corrected chi connectivity index (χ2v) is 5.69. The molecule has 3 N–H and O–H groups in total. The molecule has 0 saturated carbocycles. The Kier molecular flexibility index (Phi) is 4.49. The topological polar surface area (TPSA) is 104 Å². The number of sulfonamides is 1. The summed E-state index contributed by atoms with van der Waals surface area (Å²) >= 11 is 5.84. The quantitative estimate of drug-likeness (QED) is 0.719. The minimum Gasteiger partial charge on any atom is -0.308 e. The first-order valence-electron chi connectivity index (χ1n) is 4.74. The molecule has 0 aliphatic heterocycles. The van der Waals surface area contributed by atoms with E-state index in [0.29, 0.717) is 10.7 Å². The van der Waals surface area contributed by atoms with Crippen LogP contribution in [0.5, 0.6) is 0 Å². The Morgan fingerprint density at radius 1 is 1.53 bits per heavy atom. The third kappa shape index (κ3) is 4.72. The molecule has 1 aromatic rings. The second-order valence-electron chi connectivity index (χ2n) is 3.48. The number of halogens is 1. The van der Waals surface area contributed by atoms with Gasteiger partial charge in [0.2, 0.25) is 15.9 Å². The third-order valence-electron chi connectivity index (χ3n) is 1.85. The fourth-order valence-electron chi connectivity index (χ4n) is 1.04. The number of nitrogens with one attached hydrogen (secondary N) is 3. The molecule has 17 heavy (non-hydrogen) atoms. The fourth-order valence-corrected chi connectivity index (χ4v) is 1.65. The van der Waals surface area contributed by atoms with E-state index in [0.717, 1.165) is 6.26 Å². The van der Waals surface area contributed by atoms with Crippen LogP contribution in [0.3, 0.4) is 0 Å². The number of aromatic amines is 1.